The van der Waals surface area contributed by atoms with Gasteiger partial charge >= 0.3 is 0 Å². The van der Waals surface area contributed by atoms with Gasteiger partial charge in [-0.15, -0.1) is 0 Å². The van der Waals surface area contributed by atoms with Crippen molar-refractivity contribution < 1.29 is 0 Å². The summed E-state index contributed by atoms with van der Waals surface area (Å²) in [5, 5.41) is 5.07. The lowest BCUT2D eigenvalue weighted by molar-refractivity contribution is 0.604. The molecule has 0 fully saturated rings. The molecule has 2 aromatic rings. The smallest absolute Gasteiger partial charge is 0.0518 e. The molecule has 17 heavy (non-hydrogen) atoms. The zero-order valence-corrected chi connectivity index (χ0v) is 10.1. The van der Waals surface area contributed by atoms with Crippen LogP contribution in [0, 0.1) is 0 Å². The SMILES string of the molecule is c1cc2c3c(c1)c1c(n3CCC2)CCCNC1. The molecule has 2 heteroatoms. The van der Waals surface area contributed by atoms with Gasteiger partial charge in [0.15, 0.2) is 0 Å². The van der Waals surface area contributed by atoms with Crippen molar-refractivity contribution in [2.75, 3.05) is 6.54 Å². The monoisotopic (exact) mass is 226 g/mol. The molecule has 0 radical (unpaired) electrons. The zero-order valence-electron chi connectivity index (χ0n) is 10.1. The van der Waals surface area contributed by atoms with Gasteiger partial charge < -0.3 is 9.88 Å². The first-order chi connectivity index (χ1) is 8.45. The van der Waals surface area contributed by atoms with Gasteiger partial charge in [-0.25, -0.2) is 0 Å². The van der Waals surface area contributed by atoms with Crippen LogP contribution in [-0.4, -0.2) is 11.1 Å². The third-order valence-electron chi connectivity index (χ3n) is 4.29. The van der Waals surface area contributed by atoms with Crippen LogP contribution in [0.25, 0.3) is 10.9 Å². The molecule has 1 N–H and O–H groups in total. The first kappa shape index (κ1) is 9.72. The van der Waals surface area contributed by atoms with Gasteiger partial charge in [-0.1, -0.05) is 18.2 Å². The van der Waals surface area contributed by atoms with Gasteiger partial charge in [0.25, 0.3) is 0 Å². The number of benzene rings is 1. The average Bonchev–Trinajstić information content (AvgIpc) is 2.55. The molecule has 0 saturated carbocycles. The predicted octanol–water partition coefficient (Wildman–Crippen LogP) is 2.62. The van der Waals surface area contributed by atoms with E-state index in [0.29, 0.717) is 0 Å². The van der Waals surface area contributed by atoms with Gasteiger partial charge in [0.05, 0.1) is 5.52 Å². The standard InChI is InChI=1S/C15H18N2/c1-4-11-5-3-9-17-14-7-2-8-16-10-13(14)12(6-1)15(11)17/h1,4,6,16H,2-3,5,7-10H2. The molecule has 1 aromatic heterocycles. The number of nitrogens with zero attached hydrogens (tertiary/aromatic N) is 1. The first-order valence-electron chi connectivity index (χ1n) is 6.78. The number of hydrogen-bond acceptors (Lipinski definition) is 1. The number of hydrogen-bond donors (Lipinski definition) is 1. The lowest BCUT2D eigenvalue weighted by Gasteiger charge is -2.17. The van der Waals surface area contributed by atoms with Gasteiger partial charge in [0.2, 0.25) is 0 Å². The Morgan fingerprint density at radius 2 is 2.12 bits per heavy atom. The van der Waals surface area contributed by atoms with Gasteiger partial charge in [0, 0.05) is 24.2 Å². The molecule has 3 heterocycles. The largest absolute Gasteiger partial charge is 0.344 e. The summed E-state index contributed by atoms with van der Waals surface area (Å²) in [5.41, 5.74) is 6.27. The van der Waals surface area contributed by atoms with Crippen molar-refractivity contribution in [1.29, 1.82) is 0 Å². The zero-order chi connectivity index (χ0) is 11.2. The van der Waals surface area contributed by atoms with Crippen LogP contribution in [0.4, 0.5) is 0 Å². The number of para-hydroxylation sites is 1. The molecule has 4 rings (SSSR count). The fourth-order valence-corrected chi connectivity index (χ4v) is 3.56. The van der Waals surface area contributed by atoms with Crippen LogP contribution in [0.3, 0.4) is 0 Å². The highest BCUT2D eigenvalue weighted by Gasteiger charge is 2.22. The minimum Gasteiger partial charge on any atom is -0.344 e. The maximum Gasteiger partial charge on any atom is 0.0518 e. The van der Waals surface area contributed by atoms with E-state index in [2.05, 4.69) is 28.1 Å². The Morgan fingerprint density at radius 1 is 1.12 bits per heavy atom. The van der Waals surface area contributed by atoms with E-state index >= 15 is 0 Å². The lowest BCUT2D eigenvalue weighted by Crippen LogP contribution is -2.12. The van der Waals surface area contributed by atoms with E-state index in [9.17, 15) is 0 Å². The van der Waals surface area contributed by atoms with Gasteiger partial charge in [-0.05, 0) is 43.4 Å². The Labute approximate surface area is 102 Å². The summed E-state index contributed by atoms with van der Waals surface area (Å²) in [6, 6.07) is 6.86. The average molecular weight is 226 g/mol. The fraction of sp³-hybridized carbons (Fsp3) is 0.467. The highest BCUT2D eigenvalue weighted by molar-refractivity contribution is 5.88. The molecule has 0 atom stereocenters. The van der Waals surface area contributed by atoms with Crippen LogP contribution in [0.1, 0.15) is 29.7 Å². The Kier molecular flexibility index (Phi) is 2.06. The molecule has 88 valence electrons. The van der Waals surface area contributed by atoms with E-state index < -0.39 is 0 Å². The minimum absolute atomic E-state index is 1.06. The molecule has 1 aromatic carbocycles. The van der Waals surface area contributed by atoms with E-state index in [1.807, 2.05) is 0 Å². The second-order valence-electron chi connectivity index (χ2n) is 5.27. The van der Waals surface area contributed by atoms with Gasteiger partial charge in [-0.3, -0.25) is 0 Å². The number of aryl methyl sites for hydroxylation is 2. The first-order valence-corrected chi connectivity index (χ1v) is 6.78. The van der Waals surface area contributed by atoms with Crippen molar-refractivity contribution in [1.82, 2.24) is 9.88 Å². The van der Waals surface area contributed by atoms with Crippen LogP contribution >= 0.6 is 0 Å². The van der Waals surface area contributed by atoms with Crippen LogP contribution < -0.4 is 5.32 Å². The van der Waals surface area contributed by atoms with Crippen LogP contribution in [0.5, 0.6) is 0 Å². The van der Waals surface area contributed by atoms with E-state index in [0.717, 1.165) is 13.1 Å². The van der Waals surface area contributed by atoms with Crippen molar-refractivity contribution in [3.05, 3.63) is 35.0 Å². The molecular formula is C15H18N2. The van der Waals surface area contributed by atoms with Crippen LogP contribution in [0.15, 0.2) is 18.2 Å². The molecule has 0 saturated heterocycles. The normalized spacial score (nSPS) is 19.1. The van der Waals surface area contributed by atoms with Crippen molar-refractivity contribution in [2.45, 2.75) is 38.8 Å². The van der Waals surface area contributed by atoms with Crippen LogP contribution in [0.2, 0.25) is 0 Å². The summed E-state index contributed by atoms with van der Waals surface area (Å²) in [6.07, 6.45) is 5.09. The van der Waals surface area contributed by atoms with Crippen molar-refractivity contribution in [3.8, 4) is 0 Å². The molecule has 0 amide bonds. The highest BCUT2D eigenvalue weighted by Crippen LogP contribution is 2.34. The molecule has 2 aliphatic heterocycles. The summed E-state index contributed by atoms with van der Waals surface area (Å²) in [6.45, 7) is 3.45. The quantitative estimate of drug-likeness (QED) is 0.730. The molecule has 0 bridgehead atoms. The minimum atomic E-state index is 1.06. The van der Waals surface area contributed by atoms with Gasteiger partial charge in [0.1, 0.15) is 0 Å². The number of fused-ring (bicyclic) bond motifs is 3. The van der Waals surface area contributed by atoms with E-state index in [-0.39, 0.29) is 0 Å². The van der Waals surface area contributed by atoms with Crippen molar-refractivity contribution in [3.63, 3.8) is 0 Å². The number of nitrogens with one attached hydrogen (secondary N) is 1. The third-order valence-corrected chi connectivity index (χ3v) is 4.29. The van der Waals surface area contributed by atoms with E-state index in [1.54, 1.807) is 16.8 Å². The molecule has 0 spiro atoms. The van der Waals surface area contributed by atoms with Crippen LogP contribution in [-0.2, 0) is 25.9 Å². The topological polar surface area (TPSA) is 17.0 Å². The maximum absolute atomic E-state index is 3.56. The molecule has 0 unspecified atom stereocenters. The maximum atomic E-state index is 3.56. The summed E-state index contributed by atoms with van der Waals surface area (Å²) in [5.74, 6) is 0. The fourth-order valence-electron chi connectivity index (χ4n) is 3.56. The van der Waals surface area contributed by atoms with E-state index in [4.69, 9.17) is 0 Å². The third kappa shape index (κ3) is 1.31. The predicted molar refractivity (Wildman–Crippen MR) is 70.3 cm³/mol. The van der Waals surface area contributed by atoms with Crippen molar-refractivity contribution in [2.24, 2.45) is 0 Å². The number of rotatable bonds is 0. The Morgan fingerprint density at radius 3 is 3.12 bits per heavy atom. The summed E-state index contributed by atoms with van der Waals surface area (Å²) < 4.78 is 2.61. The molecule has 0 aliphatic carbocycles. The second kappa shape index (κ2) is 3.61. The Hall–Kier alpha value is -1.28. The number of aromatic nitrogens is 1. The van der Waals surface area contributed by atoms with Crippen molar-refractivity contribution >= 4 is 10.9 Å². The van der Waals surface area contributed by atoms with E-state index in [1.165, 1.54) is 43.1 Å². The summed E-state index contributed by atoms with van der Waals surface area (Å²) in [4.78, 5) is 0. The van der Waals surface area contributed by atoms with Gasteiger partial charge in [-0.2, -0.15) is 0 Å². The Bertz CT molecular complexity index is 580. The molecule has 2 nitrogen and oxygen atoms in total. The summed E-state index contributed by atoms with van der Waals surface area (Å²) in [7, 11) is 0. The second-order valence-corrected chi connectivity index (χ2v) is 5.27. The summed E-state index contributed by atoms with van der Waals surface area (Å²) >= 11 is 0. The Balaban J connectivity index is 2.09. The molecular weight excluding hydrogens is 208 g/mol. The molecule has 2 aliphatic rings. The lowest BCUT2D eigenvalue weighted by atomic mass is 10.0. The highest BCUT2D eigenvalue weighted by atomic mass is 15.0.